The van der Waals surface area contributed by atoms with Gasteiger partial charge in [-0.05, 0) is 17.8 Å². The molecule has 19 heavy (non-hydrogen) atoms. The van der Waals surface area contributed by atoms with Crippen LogP contribution in [0.25, 0.3) is 5.57 Å². The van der Waals surface area contributed by atoms with Crippen LogP contribution in [0.2, 0.25) is 0 Å². The van der Waals surface area contributed by atoms with Crippen LogP contribution >= 0.6 is 0 Å². The van der Waals surface area contributed by atoms with Crippen LogP contribution in [0.15, 0.2) is 48.2 Å². The van der Waals surface area contributed by atoms with Crippen molar-refractivity contribution >= 4 is 11.5 Å². The summed E-state index contributed by atoms with van der Waals surface area (Å²) in [5, 5.41) is 9.17. The van der Waals surface area contributed by atoms with Crippen LogP contribution in [0, 0.1) is 11.3 Å². The van der Waals surface area contributed by atoms with E-state index in [2.05, 4.69) is 4.74 Å². The van der Waals surface area contributed by atoms with Gasteiger partial charge in [-0.2, -0.15) is 5.26 Å². The van der Waals surface area contributed by atoms with Crippen molar-refractivity contribution in [3.05, 3.63) is 53.7 Å². The lowest BCUT2D eigenvalue weighted by Crippen LogP contribution is -2.06. The molecular formula is C15H16N2O2. The van der Waals surface area contributed by atoms with Gasteiger partial charge in [-0.15, -0.1) is 0 Å². The Morgan fingerprint density at radius 2 is 1.95 bits per heavy atom. The molecule has 0 amide bonds. The number of carbonyl (C=O) groups excluding carboxylic acids is 1. The Hall–Kier alpha value is -2.54. The Labute approximate surface area is 113 Å². The normalized spacial score (nSPS) is 11.7. The first kappa shape index (κ1) is 14.5. The van der Waals surface area contributed by atoms with Crippen molar-refractivity contribution in [1.29, 1.82) is 5.26 Å². The van der Waals surface area contributed by atoms with Gasteiger partial charge >= 0.3 is 5.97 Å². The molecule has 0 spiro atoms. The summed E-state index contributed by atoms with van der Waals surface area (Å²) in [6.45, 7) is 0. The number of ether oxygens (including phenoxy) is 1. The molecule has 0 aliphatic heterocycles. The van der Waals surface area contributed by atoms with Crippen LogP contribution in [0.5, 0.6) is 0 Å². The van der Waals surface area contributed by atoms with E-state index in [0.29, 0.717) is 5.57 Å². The number of benzene rings is 1. The van der Waals surface area contributed by atoms with Crippen molar-refractivity contribution in [3.8, 4) is 6.07 Å². The smallest absolute Gasteiger partial charge is 0.349 e. The predicted molar refractivity (Wildman–Crippen MR) is 73.8 cm³/mol. The zero-order valence-corrected chi connectivity index (χ0v) is 11.3. The number of methoxy groups -OCH3 is 1. The Balaban J connectivity index is 3.38. The molecule has 4 heteroatoms. The molecule has 0 bridgehead atoms. The molecule has 0 fully saturated rings. The molecule has 0 N–H and O–H groups in total. The average molecular weight is 256 g/mol. The Morgan fingerprint density at radius 3 is 2.42 bits per heavy atom. The van der Waals surface area contributed by atoms with E-state index in [9.17, 15) is 4.79 Å². The van der Waals surface area contributed by atoms with Gasteiger partial charge in [0.15, 0.2) is 0 Å². The lowest BCUT2D eigenvalue weighted by atomic mass is 10.0. The molecule has 0 unspecified atom stereocenters. The number of hydrogen-bond donors (Lipinski definition) is 0. The number of nitriles is 1. The molecule has 98 valence electrons. The number of esters is 1. The minimum atomic E-state index is -0.634. The molecule has 1 rings (SSSR count). The van der Waals surface area contributed by atoms with E-state index < -0.39 is 5.97 Å². The number of rotatable bonds is 4. The fraction of sp³-hybridized carbons (Fsp3) is 0.200. The van der Waals surface area contributed by atoms with Crippen LogP contribution in [0.4, 0.5) is 0 Å². The van der Waals surface area contributed by atoms with Gasteiger partial charge < -0.3 is 9.64 Å². The zero-order valence-electron chi connectivity index (χ0n) is 11.3. The Morgan fingerprint density at radius 1 is 1.32 bits per heavy atom. The minimum Gasteiger partial charge on any atom is -0.465 e. The first-order valence-corrected chi connectivity index (χ1v) is 5.73. The highest BCUT2D eigenvalue weighted by atomic mass is 16.5. The van der Waals surface area contributed by atoms with Gasteiger partial charge in [-0.3, -0.25) is 0 Å². The molecule has 0 saturated carbocycles. The van der Waals surface area contributed by atoms with Gasteiger partial charge in [-0.1, -0.05) is 30.3 Å². The lowest BCUT2D eigenvalue weighted by Gasteiger charge is -2.08. The molecule has 1 aromatic carbocycles. The summed E-state index contributed by atoms with van der Waals surface area (Å²) in [7, 11) is 4.99. The van der Waals surface area contributed by atoms with Crippen LogP contribution in [0.3, 0.4) is 0 Å². The summed E-state index contributed by atoms with van der Waals surface area (Å²) < 4.78 is 4.65. The van der Waals surface area contributed by atoms with Crippen molar-refractivity contribution in [2.75, 3.05) is 21.2 Å². The summed E-state index contributed by atoms with van der Waals surface area (Å²) in [6, 6.07) is 11.2. The van der Waals surface area contributed by atoms with Crippen molar-refractivity contribution < 1.29 is 9.53 Å². The Bertz CT molecular complexity index is 537. The highest BCUT2D eigenvalue weighted by Crippen LogP contribution is 2.21. The van der Waals surface area contributed by atoms with Crippen LogP contribution in [-0.2, 0) is 9.53 Å². The van der Waals surface area contributed by atoms with Crippen LogP contribution in [-0.4, -0.2) is 32.1 Å². The molecule has 1 aromatic rings. The lowest BCUT2D eigenvalue weighted by molar-refractivity contribution is -0.135. The molecule has 4 nitrogen and oxygen atoms in total. The maximum atomic E-state index is 11.7. The molecular weight excluding hydrogens is 240 g/mol. The van der Waals surface area contributed by atoms with E-state index in [1.165, 1.54) is 7.11 Å². The average Bonchev–Trinajstić information content (AvgIpc) is 2.43. The number of allylic oxidation sites excluding steroid dienone is 2. The summed E-state index contributed by atoms with van der Waals surface area (Å²) in [6.07, 6.45) is 3.51. The first-order chi connectivity index (χ1) is 9.10. The number of hydrogen-bond acceptors (Lipinski definition) is 4. The maximum absolute atomic E-state index is 11.7. The molecule has 0 aliphatic carbocycles. The van der Waals surface area contributed by atoms with Crippen molar-refractivity contribution in [2.24, 2.45) is 0 Å². The van der Waals surface area contributed by atoms with Gasteiger partial charge in [0, 0.05) is 19.7 Å². The predicted octanol–water partition coefficient (Wildman–Crippen LogP) is 2.21. The zero-order chi connectivity index (χ0) is 14.3. The monoisotopic (exact) mass is 256 g/mol. The second kappa shape index (κ2) is 7.02. The van der Waals surface area contributed by atoms with Gasteiger partial charge in [-0.25, -0.2) is 4.79 Å². The standard InChI is InChI=1S/C15H16N2O2/c1-17(2)10-9-13(12-7-5-4-6-8-12)14(11-16)15(18)19-3/h4-10H,1-3H3. The van der Waals surface area contributed by atoms with Crippen molar-refractivity contribution in [3.63, 3.8) is 0 Å². The summed E-state index contributed by atoms with van der Waals surface area (Å²) in [4.78, 5) is 13.5. The van der Waals surface area contributed by atoms with E-state index in [1.807, 2.05) is 55.4 Å². The fourth-order valence-corrected chi connectivity index (χ4v) is 1.48. The third-order valence-corrected chi connectivity index (χ3v) is 2.39. The fourth-order valence-electron chi connectivity index (χ4n) is 1.48. The van der Waals surface area contributed by atoms with E-state index >= 15 is 0 Å². The second-order valence-corrected chi connectivity index (χ2v) is 4.04. The van der Waals surface area contributed by atoms with Crippen LogP contribution in [0.1, 0.15) is 5.56 Å². The quantitative estimate of drug-likeness (QED) is 0.359. The molecule has 0 aromatic heterocycles. The van der Waals surface area contributed by atoms with Gasteiger partial charge in [0.25, 0.3) is 0 Å². The third kappa shape index (κ3) is 4.00. The minimum absolute atomic E-state index is 0.00759. The highest BCUT2D eigenvalue weighted by molar-refractivity contribution is 6.03. The summed E-state index contributed by atoms with van der Waals surface area (Å²) in [5.74, 6) is -0.634. The number of nitrogens with zero attached hydrogens (tertiary/aromatic N) is 2. The van der Waals surface area contributed by atoms with Gasteiger partial charge in [0.05, 0.1) is 7.11 Å². The van der Waals surface area contributed by atoms with Crippen LogP contribution < -0.4 is 0 Å². The summed E-state index contributed by atoms with van der Waals surface area (Å²) in [5.41, 5.74) is 1.33. The Kier molecular flexibility index (Phi) is 5.36. The van der Waals surface area contributed by atoms with E-state index in [-0.39, 0.29) is 5.57 Å². The molecule has 0 radical (unpaired) electrons. The topological polar surface area (TPSA) is 53.3 Å². The third-order valence-electron chi connectivity index (χ3n) is 2.39. The SMILES string of the molecule is COC(=O)C(C#N)=C(C=CN(C)C)c1ccccc1. The molecule has 0 aliphatic rings. The molecule has 0 saturated heterocycles. The largest absolute Gasteiger partial charge is 0.465 e. The molecule has 0 atom stereocenters. The molecule has 0 heterocycles. The number of carbonyl (C=O) groups is 1. The van der Waals surface area contributed by atoms with Crippen molar-refractivity contribution in [2.45, 2.75) is 0 Å². The van der Waals surface area contributed by atoms with Gasteiger partial charge in [0.1, 0.15) is 11.6 Å². The van der Waals surface area contributed by atoms with E-state index in [1.54, 1.807) is 12.3 Å². The first-order valence-electron chi connectivity index (χ1n) is 5.73. The maximum Gasteiger partial charge on any atom is 0.349 e. The van der Waals surface area contributed by atoms with E-state index in [0.717, 1.165) is 5.56 Å². The summed E-state index contributed by atoms with van der Waals surface area (Å²) >= 11 is 0. The van der Waals surface area contributed by atoms with E-state index in [4.69, 9.17) is 5.26 Å². The van der Waals surface area contributed by atoms with Gasteiger partial charge in [0.2, 0.25) is 0 Å². The second-order valence-electron chi connectivity index (χ2n) is 4.04. The highest BCUT2D eigenvalue weighted by Gasteiger charge is 2.15. The van der Waals surface area contributed by atoms with Crippen molar-refractivity contribution in [1.82, 2.24) is 4.90 Å².